The highest BCUT2D eigenvalue weighted by Gasteiger charge is 2.32. The van der Waals surface area contributed by atoms with Crippen molar-refractivity contribution < 1.29 is 9.47 Å². The summed E-state index contributed by atoms with van der Waals surface area (Å²) in [6.45, 7) is 25.3. The van der Waals surface area contributed by atoms with E-state index in [0.29, 0.717) is 6.04 Å². The Kier molecular flexibility index (Phi) is 31.1. The van der Waals surface area contributed by atoms with Crippen LogP contribution in [0.4, 0.5) is 0 Å². The summed E-state index contributed by atoms with van der Waals surface area (Å²) in [6.07, 6.45) is 41.6. The second kappa shape index (κ2) is 31.1. The molecule has 0 aromatic rings. The first-order chi connectivity index (χ1) is 24.2. The average Bonchev–Trinajstić information content (AvgIpc) is 3.06. The van der Waals surface area contributed by atoms with Gasteiger partial charge in [-0.25, -0.2) is 0 Å². The van der Waals surface area contributed by atoms with Gasteiger partial charge in [-0.2, -0.15) is 0 Å². The molecular formula is C48H99NO2. The Labute approximate surface area is 324 Å². The molecule has 0 amide bonds. The number of nitrogens with one attached hydrogen (secondary N) is 1. The average molecular weight is 722 g/mol. The second-order valence-corrected chi connectivity index (χ2v) is 19.8. The molecule has 308 valence electrons. The van der Waals surface area contributed by atoms with Gasteiger partial charge >= 0.3 is 0 Å². The second-order valence-electron chi connectivity index (χ2n) is 19.8. The summed E-state index contributed by atoms with van der Waals surface area (Å²) in [6, 6.07) is 0.683. The minimum atomic E-state index is -0.121. The molecule has 0 saturated heterocycles. The van der Waals surface area contributed by atoms with E-state index < -0.39 is 0 Å². The number of hydrogen-bond donors (Lipinski definition) is 1. The molecule has 0 saturated carbocycles. The number of ether oxygens (including phenoxy) is 2. The fourth-order valence-corrected chi connectivity index (χ4v) is 8.07. The van der Waals surface area contributed by atoms with E-state index in [1.54, 1.807) is 7.11 Å². The minimum absolute atomic E-state index is 0.100. The Balaban J connectivity index is 4.67. The topological polar surface area (TPSA) is 30.5 Å². The Morgan fingerprint density at radius 3 is 1.18 bits per heavy atom. The van der Waals surface area contributed by atoms with E-state index in [-0.39, 0.29) is 22.0 Å². The Hall–Kier alpha value is -0.120. The van der Waals surface area contributed by atoms with Crippen molar-refractivity contribution in [2.45, 2.75) is 279 Å². The van der Waals surface area contributed by atoms with E-state index in [4.69, 9.17) is 9.47 Å². The standard InChI is InChI=1S/C48H99NO2/c1-12-14-16-18-20-22-24-26-28-30-32-34-36-44(37-35-33-31-29-27-25-23-21-19-17-15-13-2)49-43-46(5,6)42-45(3,4)38-39-48(9,10)51-41-40-47(7,8)50-11/h44,49H,12-43H2,1-11H3. The van der Waals surface area contributed by atoms with E-state index in [9.17, 15) is 0 Å². The fourth-order valence-electron chi connectivity index (χ4n) is 8.07. The van der Waals surface area contributed by atoms with Crippen LogP contribution in [0.15, 0.2) is 0 Å². The van der Waals surface area contributed by atoms with Crippen molar-refractivity contribution in [2.24, 2.45) is 10.8 Å². The minimum Gasteiger partial charge on any atom is -0.379 e. The molecule has 0 aromatic carbocycles. The van der Waals surface area contributed by atoms with Crippen molar-refractivity contribution in [3.63, 3.8) is 0 Å². The van der Waals surface area contributed by atoms with Gasteiger partial charge in [0.25, 0.3) is 0 Å². The number of methoxy groups -OCH3 is 1. The van der Waals surface area contributed by atoms with Crippen LogP contribution in [0.5, 0.6) is 0 Å². The maximum absolute atomic E-state index is 6.37. The molecule has 1 N–H and O–H groups in total. The summed E-state index contributed by atoms with van der Waals surface area (Å²) in [5.74, 6) is 0. The number of rotatable bonds is 39. The molecule has 0 aliphatic rings. The number of unbranched alkanes of at least 4 members (excludes halogenated alkanes) is 22. The molecule has 0 fully saturated rings. The molecule has 0 spiro atoms. The molecular weight excluding hydrogens is 623 g/mol. The van der Waals surface area contributed by atoms with Gasteiger partial charge in [-0.3, -0.25) is 0 Å². The fraction of sp³-hybridized carbons (Fsp3) is 1.00. The van der Waals surface area contributed by atoms with Crippen LogP contribution in [0.3, 0.4) is 0 Å². The summed E-state index contributed by atoms with van der Waals surface area (Å²) in [5, 5.41) is 4.15. The van der Waals surface area contributed by atoms with Crippen molar-refractivity contribution in [3.8, 4) is 0 Å². The molecule has 0 bridgehead atoms. The van der Waals surface area contributed by atoms with Crippen LogP contribution in [0.2, 0.25) is 0 Å². The van der Waals surface area contributed by atoms with Crippen LogP contribution in [-0.2, 0) is 9.47 Å². The first-order valence-electron chi connectivity index (χ1n) is 23.1. The van der Waals surface area contributed by atoms with E-state index in [2.05, 4.69) is 74.6 Å². The molecule has 3 heteroatoms. The van der Waals surface area contributed by atoms with Crippen molar-refractivity contribution in [2.75, 3.05) is 20.3 Å². The van der Waals surface area contributed by atoms with Gasteiger partial charge in [0, 0.05) is 19.7 Å². The quantitative estimate of drug-likeness (QED) is 0.0641. The van der Waals surface area contributed by atoms with Gasteiger partial charge in [-0.15, -0.1) is 0 Å². The highest BCUT2D eigenvalue weighted by atomic mass is 16.5. The SMILES string of the molecule is CCCCCCCCCCCCCCC(CCCCCCCCCCCCCC)NCC(C)(C)CC(C)(C)CCC(C)(C)OCCC(C)(C)OC. The third-order valence-corrected chi connectivity index (χ3v) is 11.8. The first kappa shape index (κ1) is 50.9. The van der Waals surface area contributed by atoms with E-state index in [1.807, 2.05) is 0 Å². The Morgan fingerprint density at radius 1 is 0.431 bits per heavy atom. The van der Waals surface area contributed by atoms with Crippen molar-refractivity contribution in [1.82, 2.24) is 5.32 Å². The lowest BCUT2D eigenvalue weighted by atomic mass is 9.71. The predicted molar refractivity (Wildman–Crippen MR) is 230 cm³/mol. The number of hydrogen-bond acceptors (Lipinski definition) is 3. The smallest absolute Gasteiger partial charge is 0.0644 e. The predicted octanol–water partition coefficient (Wildman–Crippen LogP) is 16.0. The molecule has 0 rings (SSSR count). The normalized spacial score (nSPS) is 13.2. The van der Waals surface area contributed by atoms with Crippen LogP contribution >= 0.6 is 0 Å². The largest absolute Gasteiger partial charge is 0.379 e. The van der Waals surface area contributed by atoms with Crippen LogP contribution in [-0.4, -0.2) is 37.5 Å². The first-order valence-corrected chi connectivity index (χ1v) is 23.1. The van der Waals surface area contributed by atoms with E-state index >= 15 is 0 Å². The van der Waals surface area contributed by atoms with Crippen LogP contribution in [0.25, 0.3) is 0 Å². The van der Waals surface area contributed by atoms with Gasteiger partial charge in [0.2, 0.25) is 0 Å². The third kappa shape index (κ3) is 34.1. The van der Waals surface area contributed by atoms with Crippen LogP contribution in [0.1, 0.15) is 262 Å². The van der Waals surface area contributed by atoms with Crippen LogP contribution in [0, 0.1) is 10.8 Å². The van der Waals surface area contributed by atoms with Gasteiger partial charge in [-0.1, -0.05) is 196 Å². The van der Waals surface area contributed by atoms with Gasteiger partial charge < -0.3 is 14.8 Å². The lowest BCUT2D eigenvalue weighted by Gasteiger charge is -2.38. The molecule has 0 atom stereocenters. The molecule has 0 aliphatic heterocycles. The zero-order valence-corrected chi connectivity index (χ0v) is 37.5. The molecule has 0 radical (unpaired) electrons. The molecule has 0 heterocycles. The summed E-state index contributed by atoms with van der Waals surface area (Å²) in [4.78, 5) is 0. The van der Waals surface area contributed by atoms with Gasteiger partial charge in [0.15, 0.2) is 0 Å². The third-order valence-electron chi connectivity index (χ3n) is 11.8. The zero-order chi connectivity index (χ0) is 38.3. The molecule has 51 heavy (non-hydrogen) atoms. The lowest BCUT2D eigenvalue weighted by molar-refractivity contribution is -0.0658. The molecule has 0 aromatic heterocycles. The maximum Gasteiger partial charge on any atom is 0.0644 e. The molecule has 0 aliphatic carbocycles. The Bertz CT molecular complexity index is 714. The Morgan fingerprint density at radius 2 is 0.804 bits per heavy atom. The summed E-state index contributed by atoms with van der Waals surface area (Å²) >= 11 is 0. The van der Waals surface area contributed by atoms with E-state index in [0.717, 1.165) is 26.0 Å². The monoisotopic (exact) mass is 722 g/mol. The summed E-state index contributed by atoms with van der Waals surface area (Å²) in [7, 11) is 1.80. The summed E-state index contributed by atoms with van der Waals surface area (Å²) in [5.41, 5.74) is 0.349. The van der Waals surface area contributed by atoms with Crippen molar-refractivity contribution in [1.29, 1.82) is 0 Å². The van der Waals surface area contributed by atoms with E-state index in [1.165, 1.54) is 180 Å². The molecule has 3 nitrogen and oxygen atoms in total. The van der Waals surface area contributed by atoms with Gasteiger partial charge in [0.1, 0.15) is 0 Å². The maximum atomic E-state index is 6.37. The zero-order valence-electron chi connectivity index (χ0n) is 37.5. The highest BCUT2D eigenvalue weighted by Crippen LogP contribution is 2.39. The van der Waals surface area contributed by atoms with Crippen LogP contribution < -0.4 is 5.32 Å². The lowest BCUT2D eigenvalue weighted by Crippen LogP contribution is -2.39. The van der Waals surface area contributed by atoms with Crippen molar-refractivity contribution in [3.05, 3.63) is 0 Å². The van der Waals surface area contributed by atoms with Crippen molar-refractivity contribution >= 4 is 0 Å². The van der Waals surface area contributed by atoms with Gasteiger partial charge in [0.05, 0.1) is 17.8 Å². The van der Waals surface area contributed by atoms with Gasteiger partial charge in [-0.05, 0) is 77.0 Å². The summed E-state index contributed by atoms with van der Waals surface area (Å²) < 4.78 is 12.0. The molecule has 0 unspecified atom stereocenters. The highest BCUT2D eigenvalue weighted by molar-refractivity contribution is 4.85.